The number of aryl methyl sites for hydroxylation is 2. The van der Waals surface area contributed by atoms with Gasteiger partial charge in [0.15, 0.2) is 11.0 Å². The molecule has 3 aromatic rings. The maximum atomic E-state index is 13.2. The maximum absolute atomic E-state index is 13.2. The largest absolute Gasteiger partial charge is 0.288 e. The van der Waals surface area contributed by atoms with Gasteiger partial charge in [0, 0.05) is 17.6 Å². The third-order valence-corrected chi connectivity index (χ3v) is 5.96. The molecule has 1 heterocycles. The molecule has 146 valence electrons. The highest BCUT2D eigenvalue weighted by molar-refractivity contribution is 7.86. The second-order valence-electron chi connectivity index (χ2n) is 6.23. The Bertz CT molecular complexity index is 1160. The first kappa shape index (κ1) is 20.5. The lowest BCUT2D eigenvalue weighted by Gasteiger charge is -2.17. The number of hydrogen-bond donors (Lipinski definition) is 1. The Morgan fingerprint density at radius 3 is 2.36 bits per heavy atom. The summed E-state index contributed by atoms with van der Waals surface area (Å²) >= 11 is 12.1. The van der Waals surface area contributed by atoms with Crippen molar-refractivity contribution in [3.8, 4) is 0 Å². The molecule has 0 saturated carbocycles. The zero-order valence-electron chi connectivity index (χ0n) is 14.9. The van der Waals surface area contributed by atoms with Crippen molar-refractivity contribution in [2.75, 3.05) is 0 Å². The van der Waals surface area contributed by atoms with Gasteiger partial charge in [0.2, 0.25) is 0 Å². The molecule has 1 aromatic heterocycles. The first-order chi connectivity index (χ1) is 13.1. The van der Waals surface area contributed by atoms with Crippen molar-refractivity contribution in [2.24, 2.45) is 7.05 Å². The summed E-state index contributed by atoms with van der Waals surface area (Å²) in [4.78, 5) is 13.2. The second kappa shape index (κ2) is 7.67. The van der Waals surface area contributed by atoms with Crippen molar-refractivity contribution < 1.29 is 17.8 Å². The monoisotopic (exact) mass is 438 g/mol. The molecule has 1 unspecified atom stereocenters. The molecule has 0 aliphatic heterocycles. The van der Waals surface area contributed by atoms with Crippen LogP contribution in [0.2, 0.25) is 10.0 Å². The Balaban J connectivity index is 2.27. The number of carbonyl (C=O) groups excluding carboxylic acids is 1. The number of hydrogen-bond acceptors (Lipinski definition) is 4. The summed E-state index contributed by atoms with van der Waals surface area (Å²) in [6, 6.07) is 12.5. The van der Waals surface area contributed by atoms with E-state index in [-0.39, 0.29) is 21.8 Å². The highest BCUT2D eigenvalue weighted by Crippen LogP contribution is 2.35. The van der Waals surface area contributed by atoms with Crippen LogP contribution in [0.3, 0.4) is 0 Å². The van der Waals surface area contributed by atoms with Gasteiger partial charge in [0.1, 0.15) is 0 Å². The van der Waals surface area contributed by atoms with E-state index in [4.69, 9.17) is 23.2 Å². The minimum absolute atomic E-state index is 0.0576. The van der Waals surface area contributed by atoms with Gasteiger partial charge >= 0.3 is 0 Å². The fourth-order valence-electron chi connectivity index (χ4n) is 3.16. The van der Waals surface area contributed by atoms with Crippen molar-refractivity contribution in [1.29, 1.82) is 0 Å². The molecule has 0 saturated heterocycles. The minimum atomic E-state index is -4.60. The first-order valence-corrected chi connectivity index (χ1v) is 10.4. The Kier molecular flexibility index (Phi) is 5.63. The molecule has 2 aromatic carbocycles. The van der Waals surface area contributed by atoms with E-state index in [9.17, 15) is 17.8 Å². The predicted molar refractivity (Wildman–Crippen MR) is 108 cm³/mol. The topological polar surface area (TPSA) is 89.3 Å². The highest BCUT2D eigenvalue weighted by Gasteiger charge is 2.36. The van der Waals surface area contributed by atoms with Gasteiger partial charge in [-0.1, -0.05) is 53.5 Å². The van der Waals surface area contributed by atoms with Crippen molar-refractivity contribution in [3.63, 3.8) is 0 Å². The fraction of sp³-hybridized carbons (Fsp3) is 0.158. The lowest BCUT2D eigenvalue weighted by atomic mass is 9.97. The molecule has 6 nitrogen and oxygen atoms in total. The van der Waals surface area contributed by atoms with Crippen LogP contribution >= 0.6 is 23.2 Å². The summed E-state index contributed by atoms with van der Waals surface area (Å²) in [5.74, 6) is -0.508. The van der Waals surface area contributed by atoms with Crippen LogP contribution in [0.15, 0.2) is 48.5 Å². The highest BCUT2D eigenvalue weighted by atomic mass is 35.5. The molecule has 0 aliphatic rings. The van der Waals surface area contributed by atoms with E-state index in [1.807, 2.05) is 0 Å². The molecule has 0 bridgehead atoms. The zero-order valence-corrected chi connectivity index (χ0v) is 17.3. The molecule has 3 rings (SSSR count). The van der Waals surface area contributed by atoms with Crippen molar-refractivity contribution in [2.45, 2.75) is 12.2 Å². The zero-order chi connectivity index (χ0) is 20.6. The first-order valence-electron chi connectivity index (χ1n) is 8.15. The average Bonchev–Trinajstić information content (AvgIpc) is 2.88. The van der Waals surface area contributed by atoms with E-state index >= 15 is 0 Å². The molecule has 0 spiro atoms. The van der Waals surface area contributed by atoms with E-state index in [2.05, 4.69) is 5.10 Å². The van der Waals surface area contributed by atoms with E-state index in [1.165, 1.54) is 29.9 Å². The second-order valence-corrected chi connectivity index (χ2v) is 8.57. The summed E-state index contributed by atoms with van der Waals surface area (Å²) < 4.78 is 35.8. The number of carbonyl (C=O) groups is 1. The van der Waals surface area contributed by atoms with Gasteiger partial charge in [-0.2, -0.15) is 13.5 Å². The van der Waals surface area contributed by atoms with Gasteiger partial charge in [0.25, 0.3) is 10.1 Å². The van der Waals surface area contributed by atoms with Crippen molar-refractivity contribution >= 4 is 39.1 Å². The molecule has 1 N–H and O–H groups in total. The Labute approximate surface area is 172 Å². The summed E-state index contributed by atoms with van der Waals surface area (Å²) in [5.41, 5.74) is 0.910. The molecule has 0 aliphatic carbocycles. The molecular formula is C19H16Cl2N2O4S. The average molecular weight is 439 g/mol. The van der Waals surface area contributed by atoms with Crippen LogP contribution in [0.5, 0.6) is 0 Å². The van der Waals surface area contributed by atoms with Gasteiger partial charge in [-0.3, -0.25) is 14.0 Å². The molecule has 28 heavy (non-hydrogen) atoms. The van der Waals surface area contributed by atoms with E-state index in [0.717, 1.165) is 0 Å². The summed E-state index contributed by atoms with van der Waals surface area (Å²) in [6.45, 7) is 1.59. The Morgan fingerprint density at radius 1 is 1.14 bits per heavy atom. The van der Waals surface area contributed by atoms with Gasteiger partial charge < -0.3 is 0 Å². The van der Waals surface area contributed by atoms with E-state index in [0.29, 0.717) is 16.3 Å². The maximum Gasteiger partial charge on any atom is 0.277 e. The number of rotatable bonds is 5. The van der Waals surface area contributed by atoms with Crippen LogP contribution in [-0.2, 0) is 17.2 Å². The fourth-order valence-corrected chi connectivity index (χ4v) is 4.71. The summed E-state index contributed by atoms with van der Waals surface area (Å²) in [7, 11) is -3.08. The molecule has 0 radical (unpaired) electrons. The quantitative estimate of drug-likeness (QED) is 0.475. The van der Waals surface area contributed by atoms with Crippen molar-refractivity contribution in [3.05, 3.63) is 86.7 Å². The van der Waals surface area contributed by atoms with Crippen LogP contribution in [0.1, 0.15) is 38.1 Å². The van der Waals surface area contributed by atoms with Gasteiger partial charge in [-0.15, -0.1) is 0 Å². The van der Waals surface area contributed by atoms with Gasteiger partial charge in [-0.05, 0) is 30.7 Å². The molecule has 0 amide bonds. The standard InChI is InChI=1S/C19H16Cl2N2O4S/c1-11-16(18(24)14-9-8-13(20)10-15(14)21)17(23(2)22-11)19(28(25,26)27)12-6-4-3-5-7-12/h3-10,19H,1-2H3,(H,25,26,27). The lowest BCUT2D eigenvalue weighted by molar-refractivity contribution is 0.103. The molecule has 0 fully saturated rings. The SMILES string of the molecule is Cc1nn(C)c(C(c2ccccc2)S(=O)(=O)O)c1C(=O)c1ccc(Cl)cc1Cl. The third kappa shape index (κ3) is 3.84. The summed E-state index contributed by atoms with van der Waals surface area (Å²) in [5, 5.41) is 3.23. The Hall–Kier alpha value is -2.19. The Morgan fingerprint density at radius 2 is 1.79 bits per heavy atom. The third-order valence-electron chi connectivity index (χ3n) is 4.32. The number of ketones is 1. The van der Waals surface area contributed by atoms with Crippen LogP contribution < -0.4 is 0 Å². The number of aromatic nitrogens is 2. The van der Waals surface area contributed by atoms with Crippen LogP contribution in [0.4, 0.5) is 0 Å². The van der Waals surface area contributed by atoms with Gasteiger partial charge in [0.05, 0.1) is 22.0 Å². The number of nitrogens with zero attached hydrogens (tertiary/aromatic N) is 2. The lowest BCUT2D eigenvalue weighted by Crippen LogP contribution is -2.20. The number of benzene rings is 2. The summed E-state index contributed by atoms with van der Waals surface area (Å²) in [6.07, 6.45) is 0. The smallest absolute Gasteiger partial charge is 0.277 e. The van der Waals surface area contributed by atoms with Crippen molar-refractivity contribution in [1.82, 2.24) is 9.78 Å². The number of halogens is 2. The molecule has 1 atom stereocenters. The van der Waals surface area contributed by atoms with Crippen LogP contribution in [0, 0.1) is 6.92 Å². The van der Waals surface area contributed by atoms with E-state index in [1.54, 1.807) is 37.3 Å². The molecule has 9 heteroatoms. The molecular weight excluding hydrogens is 423 g/mol. The van der Waals surface area contributed by atoms with Crippen LogP contribution in [-0.4, -0.2) is 28.5 Å². The van der Waals surface area contributed by atoms with Gasteiger partial charge in [-0.25, -0.2) is 0 Å². The minimum Gasteiger partial charge on any atom is -0.288 e. The predicted octanol–water partition coefficient (Wildman–Crippen LogP) is 4.24. The van der Waals surface area contributed by atoms with Crippen LogP contribution in [0.25, 0.3) is 0 Å². The van der Waals surface area contributed by atoms with E-state index < -0.39 is 21.2 Å². The normalized spacial score (nSPS) is 12.8.